The van der Waals surface area contributed by atoms with Crippen molar-refractivity contribution >= 4 is 34.4 Å². The Morgan fingerprint density at radius 3 is 2.79 bits per heavy atom. The highest BCUT2D eigenvalue weighted by Gasteiger charge is 2.17. The molecule has 0 bridgehead atoms. The molecule has 2 aromatic carbocycles. The quantitative estimate of drug-likeness (QED) is 0.157. The molecule has 3 aromatic heterocycles. The molecule has 5 aromatic rings. The first-order valence-corrected chi connectivity index (χ1v) is 13.3. The molecule has 8 heteroatoms. The summed E-state index contributed by atoms with van der Waals surface area (Å²) in [5, 5.41) is 12.1. The fourth-order valence-corrected chi connectivity index (χ4v) is 5.35. The van der Waals surface area contributed by atoms with Gasteiger partial charge in [0.05, 0.1) is 22.1 Å². The summed E-state index contributed by atoms with van der Waals surface area (Å²) >= 11 is 0. The van der Waals surface area contributed by atoms with Crippen LogP contribution in [-0.2, 0) is 0 Å². The summed E-state index contributed by atoms with van der Waals surface area (Å²) in [5.74, 6) is 0.340. The summed E-state index contributed by atoms with van der Waals surface area (Å²) in [6.07, 6.45) is 11.9. The number of pyridine rings is 1. The Labute approximate surface area is 226 Å². The van der Waals surface area contributed by atoms with Crippen molar-refractivity contribution in [2.75, 3.05) is 0 Å². The third kappa shape index (κ3) is 5.10. The molecular weight excluding hydrogens is 489 g/mol. The van der Waals surface area contributed by atoms with E-state index in [1.54, 1.807) is 12.3 Å². The van der Waals surface area contributed by atoms with Crippen molar-refractivity contribution in [1.29, 1.82) is 0 Å². The van der Waals surface area contributed by atoms with E-state index in [0.717, 1.165) is 44.4 Å². The number of imidazole rings is 1. The molecule has 0 aliphatic heterocycles. The Kier molecular flexibility index (Phi) is 6.75. The zero-order valence-corrected chi connectivity index (χ0v) is 21.8. The van der Waals surface area contributed by atoms with E-state index in [-0.39, 0.29) is 5.82 Å². The Morgan fingerprint density at radius 1 is 1.13 bits per heavy atom. The van der Waals surface area contributed by atoms with Gasteiger partial charge in [-0.05, 0) is 73.5 Å². The number of aliphatic imine (C=N–C) groups is 1. The Bertz CT molecular complexity index is 1720. The second-order valence-electron chi connectivity index (χ2n) is 10.1. The van der Waals surface area contributed by atoms with Crippen LogP contribution in [0.25, 0.3) is 50.3 Å². The predicted molar refractivity (Wildman–Crippen MR) is 156 cm³/mol. The van der Waals surface area contributed by atoms with Crippen LogP contribution in [0.4, 0.5) is 4.39 Å². The largest absolute Gasteiger partial charge is 0.381 e. The smallest absolute Gasteiger partial charge is 0.159 e. The minimum absolute atomic E-state index is 0.281. The van der Waals surface area contributed by atoms with E-state index in [0.29, 0.717) is 23.2 Å². The normalized spacial score (nSPS) is 15.2. The first-order chi connectivity index (χ1) is 19.1. The zero-order chi connectivity index (χ0) is 26.8. The average molecular weight is 520 g/mol. The molecule has 7 nitrogen and oxygen atoms in total. The second-order valence-corrected chi connectivity index (χ2v) is 10.1. The number of rotatable bonds is 7. The topological polar surface area (TPSA) is 94.6 Å². The van der Waals surface area contributed by atoms with E-state index in [2.05, 4.69) is 56.3 Å². The highest BCUT2D eigenvalue weighted by Crippen LogP contribution is 2.32. The number of allylic oxidation sites excluding steroid dienone is 2. The third-order valence-corrected chi connectivity index (χ3v) is 7.32. The van der Waals surface area contributed by atoms with E-state index < -0.39 is 0 Å². The summed E-state index contributed by atoms with van der Waals surface area (Å²) < 4.78 is 13.9. The van der Waals surface area contributed by atoms with Gasteiger partial charge in [0.25, 0.3) is 0 Å². The molecule has 0 atom stereocenters. The minimum atomic E-state index is -0.281. The molecule has 0 spiro atoms. The lowest BCUT2D eigenvalue weighted by Crippen LogP contribution is -2.29. The van der Waals surface area contributed by atoms with E-state index in [1.165, 1.54) is 44.2 Å². The van der Waals surface area contributed by atoms with Gasteiger partial charge in [-0.1, -0.05) is 43.5 Å². The standard InChI is InChI=1S/C31H30FN7/c1-19(14-24(18-33-2)35-23-10-4-3-5-11-23)21-16-26-29(38-39-30(26)34-17-21)31-36-27-13-7-12-25(28(27)37-31)20-8-6-9-22(32)15-20/h6-9,12-18,23,35H,2-5,10-11H2,1H3,(H,36,37)(H,34,38,39)/b19-14+,24-18+. The number of benzene rings is 2. The van der Waals surface area contributed by atoms with E-state index in [4.69, 9.17) is 4.98 Å². The number of hydrogen-bond acceptors (Lipinski definition) is 5. The Hall–Kier alpha value is -4.59. The van der Waals surface area contributed by atoms with Gasteiger partial charge in [0.1, 0.15) is 11.5 Å². The summed E-state index contributed by atoms with van der Waals surface area (Å²) in [6.45, 7) is 5.72. The van der Waals surface area contributed by atoms with E-state index in [9.17, 15) is 4.39 Å². The van der Waals surface area contributed by atoms with Crippen LogP contribution in [-0.4, -0.2) is 37.9 Å². The summed E-state index contributed by atoms with van der Waals surface area (Å²) in [6, 6.07) is 14.9. The van der Waals surface area contributed by atoms with Gasteiger partial charge in [-0.15, -0.1) is 0 Å². The second kappa shape index (κ2) is 10.6. The number of hydrogen-bond donors (Lipinski definition) is 3. The van der Waals surface area contributed by atoms with Gasteiger partial charge in [0.2, 0.25) is 0 Å². The van der Waals surface area contributed by atoms with Gasteiger partial charge in [-0.3, -0.25) is 10.1 Å². The molecule has 196 valence electrons. The van der Waals surface area contributed by atoms with Crippen molar-refractivity contribution in [3.63, 3.8) is 0 Å². The van der Waals surface area contributed by atoms with Gasteiger partial charge in [-0.2, -0.15) is 5.10 Å². The number of halogens is 1. The Morgan fingerprint density at radius 2 is 1.97 bits per heavy atom. The van der Waals surface area contributed by atoms with Gasteiger partial charge in [0, 0.05) is 24.0 Å². The number of para-hydroxylation sites is 1. The van der Waals surface area contributed by atoms with Gasteiger partial charge in [0.15, 0.2) is 11.5 Å². The predicted octanol–water partition coefficient (Wildman–Crippen LogP) is 7.17. The van der Waals surface area contributed by atoms with Crippen LogP contribution in [0, 0.1) is 5.82 Å². The van der Waals surface area contributed by atoms with Crippen LogP contribution in [0.2, 0.25) is 0 Å². The van der Waals surface area contributed by atoms with Crippen LogP contribution < -0.4 is 5.32 Å². The van der Waals surface area contributed by atoms with E-state index in [1.807, 2.05) is 30.5 Å². The van der Waals surface area contributed by atoms with Crippen molar-refractivity contribution < 1.29 is 4.39 Å². The molecule has 0 radical (unpaired) electrons. The lowest BCUT2D eigenvalue weighted by molar-refractivity contribution is 0.399. The average Bonchev–Trinajstić information content (AvgIpc) is 3.57. The van der Waals surface area contributed by atoms with Gasteiger partial charge >= 0.3 is 0 Å². The molecule has 1 fully saturated rings. The van der Waals surface area contributed by atoms with Crippen molar-refractivity contribution in [3.05, 3.63) is 84.1 Å². The maximum atomic E-state index is 13.9. The minimum Gasteiger partial charge on any atom is -0.381 e. The SMILES string of the molecule is C=N/C=C(\C=C(/C)c1cnc2[nH]nc(-c3nc4c(-c5cccc(F)c5)cccc4[nH]3)c2c1)NC1CCCCC1. The highest BCUT2D eigenvalue weighted by molar-refractivity contribution is 5.97. The molecule has 0 saturated heterocycles. The first-order valence-electron chi connectivity index (χ1n) is 13.3. The maximum Gasteiger partial charge on any atom is 0.159 e. The first kappa shape index (κ1) is 24.7. The molecular formula is C31H30FN7. The highest BCUT2D eigenvalue weighted by atomic mass is 19.1. The number of nitrogens with one attached hydrogen (secondary N) is 3. The molecule has 6 rings (SSSR count). The third-order valence-electron chi connectivity index (χ3n) is 7.32. The Balaban J connectivity index is 1.35. The molecule has 0 amide bonds. The molecule has 0 unspecified atom stereocenters. The van der Waals surface area contributed by atoms with E-state index >= 15 is 0 Å². The molecule has 39 heavy (non-hydrogen) atoms. The summed E-state index contributed by atoms with van der Waals surface area (Å²) in [7, 11) is 0. The molecule has 1 aliphatic rings. The number of aromatic nitrogens is 5. The molecule has 3 N–H and O–H groups in total. The van der Waals surface area contributed by atoms with Crippen molar-refractivity contribution in [1.82, 2.24) is 30.5 Å². The monoisotopic (exact) mass is 519 g/mol. The number of nitrogens with zero attached hydrogens (tertiary/aromatic N) is 4. The van der Waals surface area contributed by atoms with Gasteiger partial charge in [-0.25, -0.2) is 14.4 Å². The fraction of sp³-hybridized carbons (Fsp3) is 0.226. The number of fused-ring (bicyclic) bond motifs is 2. The summed E-state index contributed by atoms with van der Waals surface area (Å²) in [5.41, 5.74) is 7.56. The summed E-state index contributed by atoms with van der Waals surface area (Å²) in [4.78, 5) is 16.9. The van der Waals surface area contributed by atoms with Crippen LogP contribution in [0.1, 0.15) is 44.6 Å². The number of H-pyrrole nitrogens is 2. The van der Waals surface area contributed by atoms with Crippen LogP contribution in [0.3, 0.4) is 0 Å². The van der Waals surface area contributed by atoms with Crippen molar-refractivity contribution in [2.45, 2.75) is 45.1 Å². The maximum absolute atomic E-state index is 13.9. The lowest BCUT2D eigenvalue weighted by atomic mass is 9.95. The molecule has 3 heterocycles. The van der Waals surface area contributed by atoms with Crippen molar-refractivity contribution in [2.24, 2.45) is 4.99 Å². The van der Waals surface area contributed by atoms with Crippen molar-refractivity contribution in [3.8, 4) is 22.6 Å². The number of aromatic amines is 2. The van der Waals surface area contributed by atoms with Crippen LogP contribution in [0.5, 0.6) is 0 Å². The van der Waals surface area contributed by atoms with Gasteiger partial charge < -0.3 is 10.3 Å². The molecule has 1 aliphatic carbocycles. The fourth-order valence-electron chi connectivity index (χ4n) is 5.35. The lowest BCUT2D eigenvalue weighted by Gasteiger charge is -2.24. The van der Waals surface area contributed by atoms with Crippen LogP contribution in [0.15, 0.2) is 77.7 Å². The zero-order valence-electron chi connectivity index (χ0n) is 21.8. The molecule has 1 saturated carbocycles. The van der Waals surface area contributed by atoms with Crippen LogP contribution >= 0.6 is 0 Å².